The van der Waals surface area contributed by atoms with Gasteiger partial charge in [-0.25, -0.2) is 8.42 Å². The topological polar surface area (TPSA) is 137 Å². The van der Waals surface area contributed by atoms with Crippen LogP contribution < -0.4 is 19.5 Å². The highest BCUT2D eigenvalue weighted by Crippen LogP contribution is 2.46. The maximum atomic E-state index is 13.2. The van der Waals surface area contributed by atoms with Crippen LogP contribution in [0.4, 0.5) is 11.4 Å². The predicted molar refractivity (Wildman–Crippen MR) is 127 cm³/mol. The summed E-state index contributed by atoms with van der Waals surface area (Å²) in [4.78, 5) is 24.3. The Labute approximate surface area is 198 Å². The third-order valence-electron chi connectivity index (χ3n) is 5.46. The van der Waals surface area contributed by atoms with Crippen LogP contribution >= 0.6 is 0 Å². The molecule has 0 spiro atoms. The molecule has 0 fully saturated rings. The zero-order valence-corrected chi connectivity index (χ0v) is 21.0. The molecule has 0 saturated heterocycles. The number of benzene rings is 2. The van der Waals surface area contributed by atoms with Crippen LogP contribution in [0.2, 0.25) is 0 Å². The normalized spacial score (nSPS) is 11.3. The van der Waals surface area contributed by atoms with Crippen LogP contribution in [0, 0.1) is 24.0 Å². The first-order valence-electron chi connectivity index (χ1n) is 10.4. The number of nitrogens with one attached hydrogen (secondary N) is 1. The SMILES string of the molecule is CCN(CC)S(=O)(=O)c1cc(C)c(C)c(NC(=O)c2cc(OC)c(OC)c(OC)c2[N+](=O)[O-])c1. The second kappa shape index (κ2) is 10.7. The minimum absolute atomic E-state index is 0.00833. The van der Waals surface area contributed by atoms with E-state index in [0.29, 0.717) is 11.1 Å². The number of nitrogens with zero attached hydrogens (tertiary/aromatic N) is 2. The number of nitro benzene ring substituents is 1. The smallest absolute Gasteiger partial charge is 0.327 e. The second-order valence-electron chi connectivity index (χ2n) is 7.25. The average molecular weight is 496 g/mol. The van der Waals surface area contributed by atoms with Crippen molar-refractivity contribution in [3.8, 4) is 17.2 Å². The Balaban J connectivity index is 2.67. The Bertz CT molecular complexity index is 1210. The van der Waals surface area contributed by atoms with Crippen LogP contribution in [0.25, 0.3) is 0 Å². The highest BCUT2D eigenvalue weighted by Gasteiger charge is 2.33. The molecule has 2 aromatic carbocycles. The largest absolute Gasteiger partial charge is 0.493 e. The van der Waals surface area contributed by atoms with E-state index in [1.807, 2.05) is 0 Å². The number of hydrogen-bond donors (Lipinski definition) is 1. The molecule has 0 heterocycles. The minimum Gasteiger partial charge on any atom is -0.493 e. The van der Waals surface area contributed by atoms with Gasteiger partial charge in [0.1, 0.15) is 5.56 Å². The van der Waals surface area contributed by atoms with E-state index >= 15 is 0 Å². The molecule has 1 N–H and O–H groups in total. The Hall–Kier alpha value is -3.38. The van der Waals surface area contributed by atoms with Gasteiger partial charge in [-0.15, -0.1) is 0 Å². The number of anilines is 1. The van der Waals surface area contributed by atoms with Crippen LogP contribution in [-0.4, -0.2) is 58.0 Å². The molecule has 1 amide bonds. The van der Waals surface area contributed by atoms with Gasteiger partial charge in [0.15, 0.2) is 5.75 Å². The van der Waals surface area contributed by atoms with Crippen molar-refractivity contribution in [1.82, 2.24) is 4.31 Å². The minimum atomic E-state index is -3.80. The van der Waals surface area contributed by atoms with Crippen molar-refractivity contribution in [2.24, 2.45) is 0 Å². The lowest BCUT2D eigenvalue weighted by Gasteiger charge is -2.20. The van der Waals surface area contributed by atoms with E-state index in [2.05, 4.69) is 5.32 Å². The van der Waals surface area contributed by atoms with Crippen molar-refractivity contribution in [3.63, 3.8) is 0 Å². The molecular formula is C22H29N3O8S. The number of amides is 1. The summed E-state index contributed by atoms with van der Waals surface area (Å²) in [5.74, 6) is -1.10. The van der Waals surface area contributed by atoms with Gasteiger partial charge in [0.25, 0.3) is 5.91 Å². The molecule has 0 bridgehead atoms. The summed E-state index contributed by atoms with van der Waals surface area (Å²) >= 11 is 0. The molecule has 0 aliphatic heterocycles. The van der Waals surface area contributed by atoms with Crippen molar-refractivity contribution in [2.75, 3.05) is 39.7 Å². The molecule has 0 aliphatic carbocycles. The third-order valence-corrected chi connectivity index (χ3v) is 7.49. The lowest BCUT2D eigenvalue weighted by molar-refractivity contribution is -0.386. The quantitative estimate of drug-likeness (QED) is 0.390. The zero-order chi connectivity index (χ0) is 25.8. The molecule has 0 unspecified atom stereocenters. The van der Waals surface area contributed by atoms with E-state index in [9.17, 15) is 23.3 Å². The van der Waals surface area contributed by atoms with E-state index in [-0.39, 0.29) is 46.5 Å². The molecule has 12 heteroatoms. The maximum absolute atomic E-state index is 13.2. The first kappa shape index (κ1) is 26.9. The lowest BCUT2D eigenvalue weighted by atomic mass is 10.1. The summed E-state index contributed by atoms with van der Waals surface area (Å²) < 4.78 is 42.9. The van der Waals surface area contributed by atoms with Gasteiger partial charge >= 0.3 is 5.69 Å². The Morgan fingerprint density at radius 2 is 1.62 bits per heavy atom. The van der Waals surface area contributed by atoms with Gasteiger partial charge in [-0.05, 0) is 37.1 Å². The molecule has 2 rings (SSSR count). The number of carbonyl (C=O) groups is 1. The molecule has 34 heavy (non-hydrogen) atoms. The average Bonchev–Trinajstić information content (AvgIpc) is 2.80. The fourth-order valence-electron chi connectivity index (χ4n) is 3.50. The number of nitro groups is 1. The first-order valence-corrected chi connectivity index (χ1v) is 11.8. The first-order chi connectivity index (χ1) is 16.0. The predicted octanol–water partition coefficient (Wildman–Crippen LogP) is 3.52. The summed E-state index contributed by atoms with van der Waals surface area (Å²) in [5, 5.41) is 14.5. The van der Waals surface area contributed by atoms with Crippen molar-refractivity contribution >= 4 is 27.3 Å². The van der Waals surface area contributed by atoms with Crippen LogP contribution in [0.3, 0.4) is 0 Å². The van der Waals surface area contributed by atoms with Gasteiger partial charge in [-0.1, -0.05) is 13.8 Å². The van der Waals surface area contributed by atoms with Gasteiger partial charge in [-0.3, -0.25) is 14.9 Å². The Kier molecular flexibility index (Phi) is 8.46. The number of carbonyl (C=O) groups excluding carboxylic acids is 1. The maximum Gasteiger partial charge on any atom is 0.327 e. The highest BCUT2D eigenvalue weighted by atomic mass is 32.2. The van der Waals surface area contributed by atoms with E-state index in [1.54, 1.807) is 27.7 Å². The molecule has 0 radical (unpaired) electrons. The fourth-order valence-corrected chi connectivity index (χ4v) is 5.07. The molecular weight excluding hydrogens is 466 g/mol. The number of ether oxygens (including phenoxy) is 3. The number of aryl methyl sites for hydroxylation is 1. The lowest BCUT2D eigenvalue weighted by Crippen LogP contribution is -2.30. The zero-order valence-electron chi connectivity index (χ0n) is 20.2. The van der Waals surface area contributed by atoms with Crippen molar-refractivity contribution in [2.45, 2.75) is 32.6 Å². The van der Waals surface area contributed by atoms with Gasteiger partial charge in [0, 0.05) is 24.8 Å². The monoisotopic (exact) mass is 495 g/mol. The van der Waals surface area contributed by atoms with Gasteiger partial charge in [-0.2, -0.15) is 4.31 Å². The van der Waals surface area contributed by atoms with Crippen LogP contribution in [-0.2, 0) is 10.0 Å². The molecule has 0 atom stereocenters. The molecule has 0 aliphatic rings. The second-order valence-corrected chi connectivity index (χ2v) is 9.19. The third kappa shape index (κ3) is 4.92. The van der Waals surface area contributed by atoms with Gasteiger partial charge < -0.3 is 19.5 Å². The van der Waals surface area contributed by atoms with E-state index < -0.39 is 26.5 Å². The van der Waals surface area contributed by atoms with Crippen molar-refractivity contribution in [1.29, 1.82) is 0 Å². The van der Waals surface area contributed by atoms with E-state index in [1.165, 1.54) is 43.8 Å². The van der Waals surface area contributed by atoms with E-state index in [4.69, 9.17) is 14.2 Å². The molecule has 2 aromatic rings. The Morgan fingerprint density at radius 3 is 2.09 bits per heavy atom. The highest BCUT2D eigenvalue weighted by molar-refractivity contribution is 7.89. The summed E-state index contributed by atoms with van der Waals surface area (Å²) in [6.45, 7) is 7.45. The van der Waals surface area contributed by atoms with Crippen LogP contribution in [0.15, 0.2) is 23.1 Å². The summed E-state index contributed by atoms with van der Waals surface area (Å²) in [5.41, 5.74) is 0.496. The van der Waals surface area contributed by atoms with Crippen molar-refractivity contribution in [3.05, 3.63) is 45.0 Å². The van der Waals surface area contributed by atoms with E-state index in [0.717, 1.165) is 0 Å². The van der Waals surface area contributed by atoms with Gasteiger partial charge in [0.05, 0.1) is 31.1 Å². The van der Waals surface area contributed by atoms with Crippen LogP contribution in [0.1, 0.15) is 35.3 Å². The standard InChI is InChI=1S/C22H29N3O8S/c1-8-24(9-2)34(29,30)15-10-13(3)14(4)17(11-15)23-22(26)16-12-18(31-5)20(32-6)21(33-7)19(16)25(27)28/h10-12H,8-9H2,1-7H3,(H,23,26). The number of hydrogen-bond acceptors (Lipinski definition) is 8. The van der Waals surface area contributed by atoms with Crippen LogP contribution in [0.5, 0.6) is 17.2 Å². The number of rotatable bonds is 10. The van der Waals surface area contributed by atoms with Crippen molar-refractivity contribution < 1.29 is 32.3 Å². The molecule has 0 aromatic heterocycles. The number of methoxy groups -OCH3 is 3. The Morgan fingerprint density at radius 1 is 1.03 bits per heavy atom. The summed E-state index contributed by atoms with van der Waals surface area (Å²) in [6.07, 6.45) is 0. The summed E-state index contributed by atoms with van der Waals surface area (Å²) in [6, 6.07) is 4.05. The number of sulfonamides is 1. The fraction of sp³-hybridized carbons (Fsp3) is 0.409. The molecule has 0 saturated carbocycles. The molecule has 11 nitrogen and oxygen atoms in total. The molecule has 186 valence electrons. The van der Waals surface area contributed by atoms with Gasteiger partial charge in [0.2, 0.25) is 21.5 Å². The summed E-state index contributed by atoms with van der Waals surface area (Å²) in [7, 11) is 0.0201.